The highest BCUT2D eigenvalue weighted by Crippen LogP contribution is 2.35. The van der Waals surface area contributed by atoms with Crippen LogP contribution in [0.5, 0.6) is 0 Å². The molecular weight excluding hydrogens is 478 g/mol. The highest BCUT2D eigenvalue weighted by atomic mass is 32.1. The van der Waals surface area contributed by atoms with Crippen LogP contribution in [0.25, 0.3) is 10.4 Å². The van der Waals surface area contributed by atoms with Gasteiger partial charge in [0.25, 0.3) is 5.91 Å². The van der Waals surface area contributed by atoms with Crippen LogP contribution in [0.2, 0.25) is 0 Å². The SMILES string of the molecule is CC(=O)N[C@H](C(=O)N1CC(O)CC1C1=NC(C)(c2ccc(-c3scnc3C)cc2)C(=O)N1)C(C)(C)C. The number of carbonyl (C=O) groups is 3. The molecule has 10 heteroatoms. The molecule has 3 heterocycles. The van der Waals surface area contributed by atoms with Gasteiger partial charge >= 0.3 is 0 Å². The van der Waals surface area contributed by atoms with Crippen LogP contribution < -0.4 is 10.6 Å². The van der Waals surface area contributed by atoms with E-state index in [9.17, 15) is 19.5 Å². The number of likely N-dealkylation sites (tertiary alicyclic amines) is 1. The van der Waals surface area contributed by atoms with E-state index in [-0.39, 0.29) is 30.7 Å². The first-order valence-corrected chi connectivity index (χ1v) is 12.9. The smallest absolute Gasteiger partial charge is 0.257 e. The Hall–Kier alpha value is -3.11. The zero-order valence-electron chi connectivity index (χ0n) is 21.5. The van der Waals surface area contributed by atoms with Crippen molar-refractivity contribution < 1.29 is 19.5 Å². The molecule has 0 radical (unpaired) electrons. The maximum Gasteiger partial charge on any atom is 0.257 e. The Balaban J connectivity index is 1.63. The Bertz CT molecular complexity index is 1220. The van der Waals surface area contributed by atoms with Gasteiger partial charge in [-0.1, -0.05) is 45.0 Å². The molecular formula is C26H33N5O4S. The predicted octanol–water partition coefficient (Wildman–Crippen LogP) is 2.37. The Morgan fingerprint density at radius 2 is 1.94 bits per heavy atom. The van der Waals surface area contributed by atoms with Crippen LogP contribution in [0.1, 0.15) is 52.3 Å². The maximum atomic E-state index is 13.6. The van der Waals surface area contributed by atoms with Crippen LogP contribution in [-0.2, 0) is 19.9 Å². The fourth-order valence-electron chi connectivity index (χ4n) is 4.77. The normalized spacial score (nSPS) is 24.9. The second-order valence-corrected chi connectivity index (χ2v) is 11.6. The molecule has 4 atom stereocenters. The number of aliphatic hydroxyl groups is 1. The summed E-state index contributed by atoms with van der Waals surface area (Å²) in [6, 6.07) is 6.31. The van der Waals surface area contributed by atoms with E-state index in [4.69, 9.17) is 4.99 Å². The average Bonchev–Trinajstić information content (AvgIpc) is 3.48. The summed E-state index contributed by atoms with van der Waals surface area (Å²) in [5.41, 5.74) is 2.79. The summed E-state index contributed by atoms with van der Waals surface area (Å²) in [5, 5.41) is 16.1. The van der Waals surface area contributed by atoms with E-state index >= 15 is 0 Å². The molecule has 0 bridgehead atoms. The molecule has 1 aromatic heterocycles. The molecule has 36 heavy (non-hydrogen) atoms. The van der Waals surface area contributed by atoms with Gasteiger partial charge < -0.3 is 20.6 Å². The number of thiazole rings is 1. The molecule has 4 rings (SSSR count). The molecule has 1 saturated heterocycles. The lowest BCUT2D eigenvalue weighted by atomic mass is 9.85. The number of aryl methyl sites for hydroxylation is 1. The zero-order chi connectivity index (χ0) is 26.4. The van der Waals surface area contributed by atoms with Gasteiger partial charge in [0.05, 0.1) is 28.2 Å². The van der Waals surface area contributed by atoms with Crippen LogP contribution >= 0.6 is 11.3 Å². The molecule has 1 aromatic carbocycles. The van der Waals surface area contributed by atoms with Crippen LogP contribution in [0.15, 0.2) is 34.8 Å². The molecule has 0 saturated carbocycles. The van der Waals surface area contributed by atoms with Crippen LogP contribution in [0.3, 0.4) is 0 Å². The number of carbonyl (C=O) groups excluding carboxylic acids is 3. The quantitative estimate of drug-likeness (QED) is 0.569. The van der Waals surface area contributed by atoms with Crippen molar-refractivity contribution in [3.8, 4) is 10.4 Å². The molecule has 0 aliphatic carbocycles. The Morgan fingerprint density at radius 1 is 1.28 bits per heavy atom. The molecule has 2 aliphatic heterocycles. The zero-order valence-corrected chi connectivity index (χ0v) is 22.3. The van der Waals surface area contributed by atoms with E-state index in [1.807, 2.05) is 52.0 Å². The number of hydrogen-bond donors (Lipinski definition) is 3. The standard InChI is InChI=1S/C26H33N5O4S/c1-14-20(36-13-27-14)16-7-9-17(10-8-16)26(6)24(35)29-22(30-26)19-11-18(33)12-31(19)23(34)21(25(3,4)5)28-15(2)32/h7-10,13,18-19,21,33H,11-12H2,1-6H3,(H,28,32)(H,29,30,35)/t18?,19?,21-,26?/m1/s1. The number of aliphatic imine (C=N–C) groups is 1. The van der Waals surface area contributed by atoms with Gasteiger partial charge in [0, 0.05) is 19.9 Å². The molecule has 3 unspecified atom stereocenters. The molecule has 0 spiro atoms. The van der Waals surface area contributed by atoms with Crippen LogP contribution in [0.4, 0.5) is 0 Å². The third-order valence-electron chi connectivity index (χ3n) is 6.82. The molecule has 1 fully saturated rings. The summed E-state index contributed by atoms with van der Waals surface area (Å²) in [7, 11) is 0. The summed E-state index contributed by atoms with van der Waals surface area (Å²) < 4.78 is 0. The van der Waals surface area contributed by atoms with Gasteiger partial charge in [0.1, 0.15) is 11.9 Å². The van der Waals surface area contributed by atoms with Gasteiger partial charge in [0.2, 0.25) is 11.8 Å². The number of β-amino-alcohol motifs (C(OH)–C–C–N with tert-alkyl or cyclic N) is 1. The summed E-state index contributed by atoms with van der Waals surface area (Å²) in [4.78, 5) is 50.2. The van der Waals surface area contributed by atoms with E-state index in [0.29, 0.717) is 5.84 Å². The fourth-order valence-corrected chi connectivity index (χ4v) is 5.58. The third kappa shape index (κ3) is 4.79. The summed E-state index contributed by atoms with van der Waals surface area (Å²) >= 11 is 1.56. The first-order chi connectivity index (χ1) is 16.8. The number of benzene rings is 1. The van der Waals surface area contributed by atoms with Crippen molar-refractivity contribution in [3.63, 3.8) is 0 Å². The number of amidine groups is 1. The average molecular weight is 512 g/mol. The van der Waals surface area contributed by atoms with Gasteiger partial charge in [-0.2, -0.15) is 0 Å². The Morgan fingerprint density at radius 3 is 2.50 bits per heavy atom. The van der Waals surface area contributed by atoms with E-state index < -0.39 is 29.1 Å². The lowest BCUT2D eigenvalue weighted by Crippen LogP contribution is -2.57. The predicted molar refractivity (Wildman–Crippen MR) is 138 cm³/mol. The minimum Gasteiger partial charge on any atom is -0.391 e. The van der Waals surface area contributed by atoms with Crippen molar-refractivity contribution in [1.82, 2.24) is 20.5 Å². The molecule has 2 aromatic rings. The van der Waals surface area contributed by atoms with E-state index in [0.717, 1.165) is 21.7 Å². The van der Waals surface area contributed by atoms with E-state index in [1.54, 1.807) is 23.8 Å². The van der Waals surface area contributed by atoms with Gasteiger partial charge in [-0.05, 0) is 30.4 Å². The second-order valence-electron chi connectivity index (χ2n) is 10.8. The molecule has 3 N–H and O–H groups in total. The summed E-state index contributed by atoms with van der Waals surface area (Å²) in [6.45, 7) is 10.8. The lowest BCUT2D eigenvalue weighted by molar-refractivity contribution is -0.139. The van der Waals surface area contributed by atoms with Crippen LogP contribution in [-0.4, -0.2) is 63.3 Å². The van der Waals surface area contributed by atoms with Gasteiger partial charge in [-0.3, -0.25) is 14.4 Å². The first kappa shape index (κ1) is 26.0. The molecule has 3 amide bonds. The highest BCUT2D eigenvalue weighted by Gasteiger charge is 2.48. The van der Waals surface area contributed by atoms with Crippen molar-refractivity contribution in [3.05, 3.63) is 41.0 Å². The Kier molecular flexibility index (Phi) is 6.78. The second kappa shape index (κ2) is 9.40. The largest absolute Gasteiger partial charge is 0.391 e. The number of nitrogens with one attached hydrogen (secondary N) is 2. The van der Waals surface area contributed by atoms with Crippen molar-refractivity contribution in [2.24, 2.45) is 10.4 Å². The number of amides is 3. The maximum absolute atomic E-state index is 13.6. The number of rotatable bonds is 5. The van der Waals surface area contributed by atoms with Crippen LogP contribution in [0, 0.1) is 12.3 Å². The van der Waals surface area contributed by atoms with E-state index in [2.05, 4.69) is 15.6 Å². The van der Waals surface area contributed by atoms with Crippen molar-refractivity contribution in [2.75, 3.05) is 6.54 Å². The fraction of sp³-hybridized carbons (Fsp3) is 0.500. The third-order valence-corrected chi connectivity index (χ3v) is 7.80. The van der Waals surface area contributed by atoms with Gasteiger partial charge in [0.15, 0.2) is 5.54 Å². The highest BCUT2D eigenvalue weighted by molar-refractivity contribution is 7.13. The summed E-state index contributed by atoms with van der Waals surface area (Å²) in [6.07, 6.45) is -0.508. The lowest BCUT2D eigenvalue weighted by Gasteiger charge is -2.35. The monoisotopic (exact) mass is 511 g/mol. The van der Waals surface area contributed by atoms with Crippen molar-refractivity contribution in [2.45, 2.75) is 71.7 Å². The number of nitrogens with zero attached hydrogens (tertiary/aromatic N) is 3. The van der Waals surface area contributed by atoms with Crippen molar-refractivity contribution >= 4 is 34.9 Å². The number of hydrogen-bond acceptors (Lipinski definition) is 7. The van der Waals surface area contributed by atoms with Crippen molar-refractivity contribution in [1.29, 1.82) is 0 Å². The topological polar surface area (TPSA) is 124 Å². The van der Waals surface area contributed by atoms with Gasteiger partial charge in [-0.15, -0.1) is 11.3 Å². The number of aromatic nitrogens is 1. The molecule has 192 valence electrons. The molecule has 2 aliphatic rings. The first-order valence-electron chi connectivity index (χ1n) is 12.0. The number of aliphatic hydroxyl groups excluding tert-OH is 1. The molecule has 9 nitrogen and oxygen atoms in total. The minimum atomic E-state index is -1.17. The Labute approximate surface area is 215 Å². The van der Waals surface area contributed by atoms with Gasteiger partial charge in [-0.25, -0.2) is 9.98 Å². The summed E-state index contributed by atoms with van der Waals surface area (Å²) in [5.74, 6) is -0.558. The minimum absolute atomic E-state index is 0.101. The van der Waals surface area contributed by atoms with E-state index in [1.165, 1.54) is 11.8 Å².